The number of aliphatic hydroxyl groups is 1. The lowest BCUT2D eigenvalue weighted by Crippen LogP contribution is -2.30. The largest absolute Gasteiger partial charge is 0.389 e. The molecule has 1 aromatic rings. The third kappa shape index (κ3) is 4.60. The number of rotatable bonds is 6. The molecule has 0 fully saturated rings. The summed E-state index contributed by atoms with van der Waals surface area (Å²) in [4.78, 5) is 0.196. The van der Waals surface area contributed by atoms with Crippen molar-refractivity contribution in [2.24, 2.45) is 11.8 Å². The molecule has 108 valence electrons. The first-order chi connectivity index (χ1) is 8.74. The SMILES string of the molecule is CC(O)c1cccc(S(=O)(=O)NCC(C)C(C)C)c1. The van der Waals surface area contributed by atoms with E-state index in [0.717, 1.165) is 0 Å². The van der Waals surface area contributed by atoms with Gasteiger partial charge in [-0.25, -0.2) is 13.1 Å². The Balaban J connectivity index is 2.86. The molecule has 5 heteroatoms. The van der Waals surface area contributed by atoms with Crippen molar-refractivity contribution in [1.29, 1.82) is 0 Å². The maximum absolute atomic E-state index is 12.1. The van der Waals surface area contributed by atoms with Gasteiger partial charge in [-0.3, -0.25) is 0 Å². The van der Waals surface area contributed by atoms with E-state index >= 15 is 0 Å². The summed E-state index contributed by atoms with van der Waals surface area (Å²) in [6.07, 6.45) is -0.676. The van der Waals surface area contributed by atoms with Gasteiger partial charge in [0.25, 0.3) is 0 Å². The zero-order chi connectivity index (χ0) is 14.6. The molecule has 0 heterocycles. The smallest absolute Gasteiger partial charge is 0.240 e. The van der Waals surface area contributed by atoms with Crippen LogP contribution in [0.4, 0.5) is 0 Å². The lowest BCUT2D eigenvalue weighted by atomic mass is 9.99. The number of hydrogen-bond acceptors (Lipinski definition) is 3. The highest BCUT2D eigenvalue weighted by atomic mass is 32.2. The summed E-state index contributed by atoms with van der Waals surface area (Å²) >= 11 is 0. The topological polar surface area (TPSA) is 66.4 Å². The van der Waals surface area contributed by atoms with Crippen molar-refractivity contribution < 1.29 is 13.5 Å². The highest BCUT2D eigenvalue weighted by molar-refractivity contribution is 7.89. The second kappa shape index (κ2) is 6.50. The minimum absolute atomic E-state index is 0.196. The van der Waals surface area contributed by atoms with Gasteiger partial charge in [0, 0.05) is 6.54 Å². The highest BCUT2D eigenvalue weighted by Crippen LogP contribution is 2.17. The van der Waals surface area contributed by atoms with E-state index in [4.69, 9.17) is 0 Å². The van der Waals surface area contributed by atoms with Crippen molar-refractivity contribution in [3.63, 3.8) is 0 Å². The van der Waals surface area contributed by atoms with Crippen LogP contribution in [-0.4, -0.2) is 20.1 Å². The molecule has 0 radical (unpaired) electrons. The van der Waals surface area contributed by atoms with Gasteiger partial charge >= 0.3 is 0 Å². The van der Waals surface area contributed by atoms with Crippen LogP contribution in [0.25, 0.3) is 0 Å². The number of nitrogens with one attached hydrogen (secondary N) is 1. The molecule has 2 unspecified atom stereocenters. The molecule has 0 amide bonds. The Kier molecular flexibility index (Phi) is 5.52. The standard InChI is InChI=1S/C14H23NO3S/c1-10(2)11(3)9-15-19(17,18)14-7-5-6-13(8-14)12(4)16/h5-8,10-12,15-16H,9H2,1-4H3. The molecule has 0 aliphatic rings. The first-order valence-electron chi connectivity index (χ1n) is 6.51. The summed E-state index contributed by atoms with van der Waals surface area (Å²) in [5.74, 6) is 0.696. The molecule has 0 aliphatic carbocycles. The lowest BCUT2D eigenvalue weighted by Gasteiger charge is -2.16. The molecule has 19 heavy (non-hydrogen) atoms. The van der Waals surface area contributed by atoms with Crippen LogP contribution in [0.1, 0.15) is 39.4 Å². The van der Waals surface area contributed by atoms with Crippen molar-refractivity contribution in [1.82, 2.24) is 4.72 Å². The summed E-state index contributed by atoms with van der Waals surface area (Å²) in [6, 6.07) is 6.39. The molecule has 0 saturated carbocycles. The number of benzene rings is 1. The van der Waals surface area contributed by atoms with Crippen LogP contribution in [0, 0.1) is 11.8 Å². The second-order valence-corrected chi connectivity index (χ2v) is 7.09. The van der Waals surface area contributed by atoms with Gasteiger partial charge in [-0.15, -0.1) is 0 Å². The van der Waals surface area contributed by atoms with E-state index in [-0.39, 0.29) is 10.8 Å². The predicted octanol–water partition coefficient (Wildman–Crippen LogP) is 2.31. The first-order valence-corrected chi connectivity index (χ1v) is 8.00. The Morgan fingerprint density at radius 2 is 1.84 bits per heavy atom. The molecular weight excluding hydrogens is 262 g/mol. The fourth-order valence-corrected chi connectivity index (χ4v) is 2.70. The van der Waals surface area contributed by atoms with E-state index < -0.39 is 16.1 Å². The van der Waals surface area contributed by atoms with Gasteiger partial charge in [-0.05, 0) is 36.5 Å². The summed E-state index contributed by atoms with van der Waals surface area (Å²) in [5.41, 5.74) is 0.597. The fourth-order valence-electron chi connectivity index (χ4n) is 1.50. The van der Waals surface area contributed by atoms with Crippen LogP contribution in [0.2, 0.25) is 0 Å². The molecule has 0 aromatic heterocycles. The van der Waals surface area contributed by atoms with Crippen molar-refractivity contribution in [3.05, 3.63) is 29.8 Å². The van der Waals surface area contributed by atoms with E-state index in [1.807, 2.05) is 6.92 Å². The molecule has 0 saturated heterocycles. The summed E-state index contributed by atoms with van der Waals surface area (Å²) in [6.45, 7) is 8.17. The Morgan fingerprint density at radius 1 is 1.21 bits per heavy atom. The van der Waals surface area contributed by atoms with Gasteiger partial charge in [0.1, 0.15) is 0 Å². The molecule has 0 bridgehead atoms. The van der Waals surface area contributed by atoms with Crippen LogP contribution in [0.5, 0.6) is 0 Å². The van der Waals surface area contributed by atoms with Crippen LogP contribution < -0.4 is 4.72 Å². The Labute approximate surface area is 115 Å². The van der Waals surface area contributed by atoms with Crippen molar-refractivity contribution in [2.45, 2.75) is 38.7 Å². The summed E-state index contributed by atoms with van der Waals surface area (Å²) in [5, 5.41) is 9.49. The normalized spacial score (nSPS) is 15.5. The zero-order valence-electron chi connectivity index (χ0n) is 11.9. The van der Waals surface area contributed by atoms with E-state index in [0.29, 0.717) is 18.0 Å². The number of hydrogen-bond donors (Lipinski definition) is 2. The predicted molar refractivity (Wildman–Crippen MR) is 76.3 cm³/mol. The van der Waals surface area contributed by atoms with Gasteiger partial charge in [-0.2, -0.15) is 0 Å². The fraction of sp³-hybridized carbons (Fsp3) is 0.571. The third-order valence-corrected chi connectivity index (χ3v) is 4.81. The molecular formula is C14H23NO3S. The molecule has 4 nitrogen and oxygen atoms in total. The molecule has 2 N–H and O–H groups in total. The maximum atomic E-state index is 12.1. The molecule has 0 spiro atoms. The highest BCUT2D eigenvalue weighted by Gasteiger charge is 2.17. The van der Waals surface area contributed by atoms with E-state index in [1.165, 1.54) is 12.1 Å². The maximum Gasteiger partial charge on any atom is 0.240 e. The van der Waals surface area contributed by atoms with Crippen molar-refractivity contribution in [2.75, 3.05) is 6.54 Å². The monoisotopic (exact) mass is 285 g/mol. The number of aliphatic hydroxyl groups excluding tert-OH is 1. The van der Waals surface area contributed by atoms with Crippen LogP contribution in [0.15, 0.2) is 29.2 Å². The number of sulfonamides is 1. The van der Waals surface area contributed by atoms with Crippen molar-refractivity contribution >= 4 is 10.0 Å². The third-order valence-electron chi connectivity index (χ3n) is 3.38. The quantitative estimate of drug-likeness (QED) is 0.843. The van der Waals surface area contributed by atoms with Gasteiger partial charge in [0.2, 0.25) is 10.0 Å². The average Bonchev–Trinajstić information content (AvgIpc) is 2.36. The minimum atomic E-state index is -3.51. The lowest BCUT2D eigenvalue weighted by molar-refractivity contribution is 0.199. The van der Waals surface area contributed by atoms with Crippen molar-refractivity contribution in [3.8, 4) is 0 Å². The molecule has 1 aromatic carbocycles. The molecule has 1 rings (SSSR count). The minimum Gasteiger partial charge on any atom is -0.389 e. The second-order valence-electron chi connectivity index (χ2n) is 5.32. The van der Waals surface area contributed by atoms with Crippen LogP contribution in [0.3, 0.4) is 0 Å². The van der Waals surface area contributed by atoms with Gasteiger partial charge in [-0.1, -0.05) is 32.9 Å². The Bertz CT molecular complexity index is 509. The van der Waals surface area contributed by atoms with E-state index in [2.05, 4.69) is 18.6 Å². The zero-order valence-corrected chi connectivity index (χ0v) is 12.7. The van der Waals surface area contributed by atoms with Gasteiger partial charge < -0.3 is 5.11 Å². The summed E-state index contributed by atoms with van der Waals surface area (Å²) in [7, 11) is -3.51. The Hall–Kier alpha value is -0.910. The molecule has 2 atom stereocenters. The average molecular weight is 285 g/mol. The Morgan fingerprint density at radius 3 is 2.37 bits per heavy atom. The first kappa shape index (κ1) is 16.1. The van der Waals surface area contributed by atoms with Gasteiger partial charge in [0.05, 0.1) is 11.0 Å². The summed E-state index contributed by atoms with van der Waals surface area (Å²) < 4.78 is 26.9. The van der Waals surface area contributed by atoms with E-state index in [9.17, 15) is 13.5 Å². The molecule has 0 aliphatic heterocycles. The van der Waals surface area contributed by atoms with Gasteiger partial charge in [0.15, 0.2) is 0 Å². The van der Waals surface area contributed by atoms with Crippen LogP contribution >= 0.6 is 0 Å². The van der Waals surface area contributed by atoms with E-state index in [1.54, 1.807) is 19.1 Å². The van der Waals surface area contributed by atoms with Crippen LogP contribution in [-0.2, 0) is 10.0 Å².